The highest BCUT2D eigenvalue weighted by Gasteiger charge is 2.32. The van der Waals surface area contributed by atoms with Gasteiger partial charge in [0.1, 0.15) is 0 Å². The van der Waals surface area contributed by atoms with Crippen molar-refractivity contribution in [1.29, 1.82) is 0 Å². The summed E-state index contributed by atoms with van der Waals surface area (Å²) in [5.41, 5.74) is 0.426. The summed E-state index contributed by atoms with van der Waals surface area (Å²) in [5, 5.41) is 3.42. The Labute approximate surface area is 99.0 Å². The second kappa shape index (κ2) is 4.02. The molecule has 1 aliphatic heterocycles. The van der Waals surface area contributed by atoms with Gasteiger partial charge in [-0.05, 0) is 44.4 Å². The summed E-state index contributed by atoms with van der Waals surface area (Å²) in [5.74, 6) is 0. The van der Waals surface area contributed by atoms with Crippen molar-refractivity contribution in [2.45, 2.75) is 44.4 Å². The van der Waals surface area contributed by atoms with Crippen LogP contribution < -0.4 is 5.32 Å². The van der Waals surface area contributed by atoms with Gasteiger partial charge in [0.05, 0.1) is 5.56 Å². The fourth-order valence-electron chi connectivity index (χ4n) is 2.28. The molecular weight excluding hydrogens is 227 g/mol. The largest absolute Gasteiger partial charge is 0.416 e. The van der Waals surface area contributed by atoms with Crippen LogP contribution in [0.4, 0.5) is 13.2 Å². The van der Waals surface area contributed by atoms with Gasteiger partial charge in [0.25, 0.3) is 0 Å². The molecule has 0 radical (unpaired) electrons. The molecule has 0 aliphatic carbocycles. The highest BCUT2D eigenvalue weighted by Crippen LogP contribution is 2.34. The van der Waals surface area contributed by atoms with Crippen molar-refractivity contribution in [3.8, 4) is 0 Å². The quantitative estimate of drug-likeness (QED) is 0.788. The van der Waals surface area contributed by atoms with Crippen LogP contribution in [0.25, 0.3) is 0 Å². The zero-order valence-corrected chi connectivity index (χ0v) is 9.93. The maximum absolute atomic E-state index is 12.4. The first-order valence-corrected chi connectivity index (χ1v) is 5.73. The van der Waals surface area contributed by atoms with Crippen LogP contribution in [0.3, 0.4) is 0 Å². The van der Waals surface area contributed by atoms with E-state index in [-0.39, 0.29) is 11.6 Å². The summed E-state index contributed by atoms with van der Waals surface area (Å²) in [7, 11) is 0. The van der Waals surface area contributed by atoms with Crippen LogP contribution in [-0.2, 0) is 6.18 Å². The fraction of sp³-hybridized carbons (Fsp3) is 0.538. The number of nitrogens with one attached hydrogen (secondary N) is 1. The lowest BCUT2D eigenvalue weighted by molar-refractivity contribution is -0.137. The number of halogens is 3. The van der Waals surface area contributed by atoms with Crippen molar-refractivity contribution in [3.05, 3.63) is 35.4 Å². The standard InChI is InChI=1S/C13H16F3N/c1-12(2)8-7-11(17-12)9-3-5-10(6-4-9)13(14,15)16/h3-6,11,17H,7-8H2,1-2H3. The molecule has 4 heteroatoms. The number of benzene rings is 1. The second-order valence-electron chi connectivity index (χ2n) is 5.24. The smallest absolute Gasteiger partial charge is 0.305 e. The molecule has 1 nitrogen and oxygen atoms in total. The SMILES string of the molecule is CC1(C)CCC(c2ccc(C(F)(F)F)cc2)N1. The van der Waals surface area contributed by atoms with Crippen molar-refractivity contribution >= 4 is 0 Å². The lowest BCUT2D eigenvalue weighted by Gasteiger charge is -2.20. The van der Waals surface area contributed by atoms with Crippen LogP contribution in [0, 0.1) is 0 Å². The van der Waals surface area contributed by atoms with Gasteiger partial charge in [-0.1, -0.05) is 12.1 Å². The predicted octanol–water partition coefficient (Wildman–Crippen LogP) is 3.91. The molecule has 1 saturated heterocycles. The van der Waals surface area contributed by atoms with Gasteiger partial charge >= 0.3 is 6.18 Å². The van der Waals surface area contributed by atoms with E-state index < -0.39 is 11.7 Å². The fourth-order valence-corrected chi connectivity index (χ4v) is 2.28. The zero-order valence-electron chi connectivity index (χ0n) is 9.93. The van der Waals surface area contributed by atoms with Gasteiger partial charge in [0, 0.05) is 11.6 Å². The average molecular weight is 243 g/mol. The Balaban J connectivity index is 2.14. The van der Waals surface area contributed by atoms with E-state index in [4.69, 9.17) is 0 Å². The Kier molecular flexibility index (Phi) is 2.94. The van der Waals surface area contributed by atoms with Gasteiger partial charge in [-0.2, -0.15) is 13.2 Å². The monoisotopic (exact) mass is 243 g/mol. The van der Waals surface area contributed by atoms with Crippen LogP contribution in [0.15, 0.2) is 24.3 Å². The molecule has 94 valence electrons. The Morgan fingerprint density at radius 1 is 1.18 bits per heavy atom. The van der Waals surface area contributed by atoms with Crippen molar-refractivity contribution in [2.24, 2.45) is 0 Å². The molecule has 0 aromatic heterocycles. The lowest BCUT2D eigenvalue weighted by Crippen LogP contribution is -2.33. The number of alkyl halides is 3. The minimum Gasteiger partial charge on any atom is -0.305 e. The maximum Gasteiger partial charge on any atom is 0.416 e. The van der Waals surface area contributed by atoms with Crippen LogP contribution in [0.5, 0.6) is 0 Å². The van der Waals surface area contributed by atoms with Gasteiger partial charge in [-0.15, -0.1) is 0 Å². The molecular formula is C13H16F3N. The van der Waals surface area contributed by atoms with Crippen LogP contribution in [-0.4, -0.2) is 5.54 Å². The van der Waals surface area contributed by atoms with E-state index >= 15 is 0 Å². The molecule has 1 atom stereocenters. The van der Waals surface area contributed by atoms with Crippen molar-refractivity contribution in [1.82, 2.24) is 5.32 Å². The molecule has 1 aliphatic rings. The minimum absolute atomic E-state index is 0.0768. The molecule has 1 aromatic carbocycles. The molecule has 0 saturated carbocycles. The predicted molar refractivity (Wildman–Crippen MR) is 60.6 cm³/mol. The van der Waals surface area contributed by atoms with E-state index in [1.165, 1.54) is 0 Å². The van der Waals surface area contributed by atoms with Gasteiger partial charge in [0.2, 0.25) is 0 Å². The molecule has 2 rings (SSSR count). The number of rotatable bonds is 1. The first kappa shape index (κ1) is 12.4. The molecule has 1 fully saturated rings. The summed E-state index contributed by atoms with van der Waals surface area (Å²) in [6.07, 6.45) is -2.24. The molecule has 0 spiro atoms. The lowest BCUT2D eigenvalue weighted by atomic mass is 10.0. The van der Waals surface area contributed by atoms with Gasteiger partial charge in [-0.3, -0.25) is 0 Å². The van der Waals surface area contributed by atoms with Crippen molar-refractivity contribution in [2.75, 3.05) is 0 Å². The topological polar surface area (TPSA) is 12.0 Å². The molecule has 17 heavy (non-hydrogen) atoms. The van der Waals surface area contributed by atoms with E-state index in [1.807, 2.05) is 0 Å². The Hall–Kier alpha value is -1.03. The number of hydrogen-bond donors (Lipinski definition) is 1. The Bertz CT molecular complexity index is 392. The third-order valence-electron chi connectivity index (χ3n) is 3.26. The van der Waals surface area contributed by atoms with Crippen molar-refractivity contribution in [3.63, 3.8) is 0 Å². The van der Waals surface area contributed by atoms with E-state index in [1.54, 1.807) is 12.1 Å². The zero-order chi connectivity index (χ0) is 12.7. The molecule has 1 aromatic rings. The summed E-state index contributed by atoms with van der Waals surface area (Å²) < 4.78 is 37.2. The average Bonchev–Trinajstić information content (AvgIpc) is 2.58. The molecule has 1 unspecified atom stereocenters. The Morgan fingerprint density at radius 3 is 2.18 bits per heavy atom. The van der Waals surface area contributed by atoms with Crippen molar-refractivity contribution < 1.29 is 13.2 Å². The van der Waals surface area contributed by atoms with Crippen LogP contribution in [0.1, 0.15) is 43.9 Å². The molecule has 1 N–H and O–H groups in total. The van der Waals surface area contributed by atoms with E-state index in [0.717, 1.165) is 30.5 Å². The van der Waals surface area contributed by atoms with E-state index in [2.05, 4.69) is 19.2 Å². The molecule has 1 heterocycles. The van der Waals surface area contributed by atoms with Crippen LogP contribution >= 0.6 is 0 Å². The summed E-state index contributed by atoms with van der Waals surface area (Å²) in [6.45, 7) is 4.22. The first-order valence-electron chi connectivity index (χ1n) is 5.73. The third-order valence-corrected chi connectivity index (χ3v) is 3.26. The van der Waals surface area contributed by atoms with Gasteiger partial charge < -0.3 is 5.32 Å². The van der Waals surface area contributed by atoms with Gasteiger partial charge in [0.15, 0.2) is 0 Å². The molecule has 0 bridgehead atoms. The van der Waals surface area contributed by atoms with Crippen LogP contribution in [0.2, 0.25) is 0 Å². The first-order chi connectivity index (χ1) is 7.78. The normalized spacial score (nSPS) is 23.9. The minimum atomic E-state index is -4.25. The highest BCUT2D eigenvalue weighted by molar-refractivity contribution is 5.27. The summed E-state index contributed by atoms with van der Waals surface area (Å²) >= 11 is 0. The summed E-state index contributed by atoms with van der Waals surface area (Å²) in [4.78, 5) is 0. The third kappa shape index (κ3) is 2.80. The maximum atomic E-state index is 12.4. The summed E-state index contributed by atoms with van der Waals surface area (Å²) in [6, 6.07) is 5.63. The molecule has 0 amide bonds. The number of hydrogen-bond acceptors (Lipinski definition) is 1. The van der Waals surface area contributed by atoms with Gasteiger partial charge in [-0.25, -0.2) is 0 Å². The van der Waals surface area contributed by atoms with E-state index in [9.17, 15) is 13.2 Å². The van der Waals surface area contributed by atoms with E-state index in [0.29, 0.717) is 0 Å². The Morgan fingerprint density at radius 2 is 1.76 bits per heavy atom. The highest BCUT2D eigenvalue weighted by atomic mass is 19.4. The second-order valence-corrected chi connectivity index (χ2v) is 5.24.